The van der Waals surface area contributed by atoms with E-state index in [1.54, 1.807) is 12.1 Å². The van der Waals surface area contributed by atoms with Crippen LogP contribution in [0.4, 0.5) is 0 Å². The Morgan fingerprint density at radius 3 is 2.82 bits per heavy atom. The number of nitrogens with one attached hydrogen (secondary N) is 1. The summed E-state index contributed by atoms with van der Waals surface area (Å²) in [6.07, 6.45) is 3.87. The minimum atomic E-state index is 0.0353. The molecule has 0 heterocycles. The molecule has 1 aliphatic carbocycles. The van der Waals surface area contributed by atoms with Gasteiger partial charge in [-0.2, -0.15) is 0 Å². The molecule has 0 atom stereocenters. The molecule has 0 amide bonds. The molecule has 0 aliphatic heterocycles. The summed E-state index contributed by atoms with van der Waals surface area (Å²) in [5.41, 5.74) is 6.99. The molecular weight excluding hydrogens is 236 g/mol. The zero-order valence-electron chi connectivity index (χ0n) is 9.71. The van der Waals surface area contributed by atoms with Crippen molar-refractivity contribution < 1.29 is 4.74 Å². The third kappa shape index (κ3) is 3.72. The van der Waals surface area contributed by atoms with Crippen molar-refractivity contribution in [2.75, 3.05) is 6.61 Å². The number of rotatable bonds is 6. The molecule has 1 saturated carbocycles. The van der Waals surface area contributed by atoms with E-state index in [1.807, 2.05) is 6.07 Å². The number of ether oxygens (including phenoxy) is 1. The Morgan fingerprint density at radius 2 is 2.24 bits per heavy atom. The van der Waals surface area contributed by atoms with E-state index in [2.05, 4.69) is 0 Å². The predicted octanol–water partition coefficient (Wildman–Crippen LogP) is 2.94. The van der Waals surface area contributed by atoms with Crippen molar-refractivity contribution in [3.05, 3.63) is 34.3 Å². The number of amidine groups is 1. The van der Waals surface area contributed by atoms with E-state index in [-0.39, 0.29) is 5.84 Å². The summed E-state index contributed by atoms with van der Waals surface area (Å²) in [5.74, 6) is 0.929. The highest BCUT2D eigenvalue weighted by Crippen LogP contribution is 2.32. The maximum Gasteiger partial charge on any atom is 0.122 e. The Labute approximate surface area is 106 Å². The summed E-state index contributed by atoms with van der Waals surface area (Å²) in [4.78, 5) is 0. The van der Waals surface area contributed by atoms with Gasteiger partial charge in [-0.3, -0.25) is 5.41 Å². The molecule has 3 N–H and O–H groups in total. The van der Waals surface area contributed by atoms with Gasteiger partial charge in [-0.1, -0.05) is 36.6 Å². The molecule has 17 heavy (non-hydrogen) atoms. The number of nitrogen functional groups attached to an aromatic ring is 1. The van der Waals surface area contributed by atoms with Gasteiger partial charge in [-0.15, -0.1) is 0 Å². The molecule has 0 spiro atoms. The fourth-order valence-electron chi connectivity index (χ4n) is 1.67. The van der Waals surface area contributed by atoms with Crippen LogP contribution in [0.2, 0.25) is 5.02 Å². The van der Waals surface area contributed by atoms with Crippen molar-refractivity contribution in [2.24, 2.45) is 11.7 Å². The van der Waals surface area contributed by atoms with Crippen molar-refractivity contribution in [1.29, 1.82) is 5.41 Å². The first kappa shape index (κ1) is 12.4. The minimum absolute atomic E-state index is 0.0353. The lowest BCUT2D eigenvalue weighted by Crippen LogP contribution is -2.11. The molecule has 4 heteroatoms. The topological polar surface area (TPSA) is 59.1 Å². The van der Waals surface area contributed by atoms with E-state index in [0.29, 0.717) is 17.2 Å². The molecule has 0 saturated heterocycles. The van der Waals surface area contributed by atoms with E-state index in [1.165, 1.54) is 12.8 Å². The summed E-state index contributed by atoms with van der Waals surface area (Å²) in [7, 11) is 0. The number of benzene rings is 1. The van der Waals surface area contributed by atoms with Gasteiger partial charge in [-0.05, 0) is 24.0 Å². The lowest BCUT2D eigenvalue weighted by Gasteiger charge is -2.07. The number of halogens is 1. The van der Waals surface area contributed by atoms with Gasteiger partial charge in [0.05, 0.1) is 6.61 Å². The van der Waals surface area contributed by atoms with E-state index in [4.69, 9.17) is 27.5 Å². The third-order valence-electron chi connectivity index (χ3n) is 2.99. The van der Waals surface area contributed by atoms with Crippen LogP contribution in [-0.2, 0) is 11.3 Å². The molecule has 1 aromatic carbocycles. The summed E-state index contributed by atoms with van der Waals surface area (Å²) in [5, 5.41) is 7.93. The van der Waals surface area contributed by atoms with Crippen LogP contribution >= 0.6 is 11.6 Å². The quantitative estimate of drug-likeness (QED) is 0.465. The van der Waals surface area contributed by atoms with Crippen LogP contribution in [-0.4, -0.2) is 12.4 Å². The highest BCUT2D eigenvalue weighted by molar-refractivity contribution is 6.31. The highest BCUT2D eigenvalue weighted by Gasteiger charge is 2.20. The van der Waals surface area contributed by atoms with Gasteiger partial charge in [-0.25, -0.2) is 0 Å². The standard InChI is InChI=1S/C13H17ClN2O/c14-12-7-10(13(15)16)3-4-11(12)8-17-6-5-9-1-2-9/h3-4,7,9H,1-2,5-6,8H2,(H3,15,16). The summed E-state index contributed by atoms with van der Waals surface area (Å²) in [6, 6.07) is 5.38. The Hall–Kier alpha value is -1.06. The van der Waals surface area contributed by atoms with E-state index >= 15 is 0 Å². The largest absolute Gasteiger partial charge is 0.384 e. The zero-order valence-corrected chi connectivity index (χ0v) is 10.5. The average Bonchev–Trinajstić information content (AvgIpc) is 3.09. The number of hydrogen-bond acceptors (Lipinski definition) is 2. The van der Waals surface area contributed by atoms with Gasteiger partial charge in [0.1, 0.15) is 5.84 Å². The second kappa shape index (κ2) is 5.52. The van der Waals surface area contributed by atoms with Crippen LogP contribution < -0.4 is 5.73 Å². The number of nitrogens with two attached hydrogens (primary N) is 1. The lowest BCUT2D eigenvalue weighted by atomic mass is 10.1. The van der Waals surface area contributed by atoms with E-state index in [9.17, 15) is 0 Å². The van der Waals surface area contributed by atoms with Crippen LogP contribution in [0.15, 0.2) is 18.2 Å². The second-order valence-corrected chi connectivity index (χ2v) is 4.91. The van der Waals surface area contributed by atoms with Crippen LogP contribution in [0.3, 0.4) is 0 Å². The van der Waals surface area contributed by atoms with Gasteiger partial charge in [0.2, 0.25) is 0 Å². The van der Waals surface area contributed by atoms with Crippen molar-refractivity contribution in [3.8, 4) is 0 Å². The zero-order chi connectivity index (χ0) is 12.3. The monoisotopic (exact) mass is 252 g/mol. The van der Waals surface area contributed by atoms with Crippen molar-refractivity contribution in [1.82, 2.24) is 0 Å². The van der Waals surface area contributed by atoms with Crippen LogP contribution in [0.1, 0.15) is 30.4 Å². The minimum Gasteiger partial charge on any atom is -0.384 e. The molecule has 1 aliphatic rings. The molecule has 0 radical (unpaired) electrons. The lowest BCUT2D eigenvalue weighted by molar-refractivity contribution is 0.115. The summed E-state index contributed by atoms with van der Waals surface area (Å²) in [6.45, 7) is 1.33. The molecule has 0 aromatic heterocycles. The Morgan fingerprint density at radius 1 is 1.47 bits per heavy atom. The highest BCUT2D eigenvalue weighted by atomic mass is 35.5. The van der Waals surface area contributed by atoms with Gasteiger partial charge >= 0.3 is 0 Å². The maximum absolute atomic E-state index is 7.31. The van der Waals surface area contributed by atoms with Gasteiger partial charge in [0.25, 0.3) is 0 Å². The molecule has 1 aromatic rings. The average molecular weight is 253 g/mol. The normalized spacial score (nSPS) is 14.9. The molecule has 0 bridgehead atoms. The van der Waals surface area contributed by atoms with Crippen LogP contribution in [0.25, 0.3) is 0 Å². The van der Waals surface area contributed by atoms with Gasteiger partial charge in [0, 0.05) is 17.2 Å². The Bertz CT molecular complexity index is 416. The first-order chi connectivity index (χ1) is 8.16. The number of hydrogen-bond donors (Lipinski definition) is 2. The molecule has 3 nitrogen and oxygen atoms in total. The second-order valence-electron chi connectivity index (χ2n) is 4.50. The Balaban J connectivity index is 1.84. The van der Waals surface area contributed by atoms with Crippen molar-refractivity contribution in [2.45, 2.75) is 25.9 Å². The SMILES string of the molecule is N=C(N)c1ccc(COCCC2CC2)c(Cl)c1. The van der Waals surface area contributed by atoms with E-state index in [0.717, 1.165) is 24.5 Å². The maximum atomic E-state index is 7.31. The fourth-order valence-corrected chi connectivity index (χ4v) is 1.91. The fraction of sp³-hybridized carbons (Fsp3) is 0.462. The smallest absolute Gasteiger partial charge is 0.122 e. The first-order valence-corrected chi connectivity index (χ1v) is 6.25. The predicted molar refractivity (Wildman–Crippen MR) is 69.5 cm³/mol. The summed E-state index contributed by atoms with van der Waals surface area (Å²) >= 11 is 6.10. The van der Waals surface area contributed by atoms with Gasteiger partial charge < -0.3 is 10.5 Å². The molecule has 92 valence electrons. The van der Waals surface area contributed by atoms with E-state index < -0.39 is 0 Å². The molecule has 1 fully saturated rings. The summed E-state index contributed by atoms with van der Waals surface area (Å²) < 4.78 is 5.58. The van der Waals surface area contributed by atoms with Crippen molar-refractivity contribution >= 4 is 17.4 Å². The van der Waals surface area contributed by atoms with Crippen molar-refractivity contribution in [3.63, 3.8) is 0 Å². The van der Waals surface area contributed by atoms with Crippen LogP contribution in [0.5, 0.6) is 0 Å². The molecule has 0 unspecified atom stereocenters. The molecular formula is C13H17ClN2O. The third-order valence-corrected chi connectivity index (χ3v) is 3.34. The first-order valence-electron chi connectivity index (χ1n) is 5.87. The Kier molecular flexibility index (Phi) is 4.02. The molecule has 2 rings (SSSR count). The van der Waals surface area contributed by atoms with Gasteiger partial charge in [0.15, 0.2) is 0 Å². The van der Waals surface area contributed by atoms with Crippen LogP contribution in [0, 0.1) is 11.3 Å².